The fourth-order valence-electron chi connectivity index (χ4n) is 1.56. The molecular weight excluding hydrogens is 242 g/mol. The Labute approximate surface area is 114 Å². The van der Waals surface area contributed by atoms with E-state index in [4.69, 9.17) is 0 Å². The smallest absolute Gasteiger partial charge is 0.322 e. The van der Waals surface area contributed by atoms with Gasteiger partial charge in [0.05, 0.1) is 5.57 Å². The zero-order valence-electron chi connectivity index (χ0n) is 12.1. The molecule has 1 saturated heterocycles. The minimum Gasteiger partial charge on any atom is -0.377 e. The minimum atomic E-state index is -1.09. The summed E-state index contributed by atoms with van der Waals surface area (Å²) in [7, 11) is 1.91. The Balaban J connectivity index is 3.18. The lowest BCUT2D eigenvalue weighted by Crippen LogP contribution is -2.46. The lowest BCUT2D eigenvalue weighted by molar-refractivity contribution is -0.122. The number of carbonyl (C=O) groups is 2. The highest BCUT2D eigenvalue weighted by Crippen LogP contribution is 2.21. The van der Waals surface area contributed by atoms with Crippen molar-refractivity contribution in [1.82, 2.24) is 15.5 Å². The van der Waals surface area contributed by atoms with Gasteiger partial charge in [-0.25, -0.2) is 4.79 Å². The van der Waals surface area contributed by atoms with Crippen LogP contribution < -0.4 is 10.6 Å². The SMILES string of the molecule is CCC#C/C(=C\N(C)C(C)C)[C@]1(C)NC(=O)NC1=O. The van der Waals surface area contributed by atoms with E-state index in [1.54, 1.807) is 6.92 Å². The quantitative estimate of drug-likeness (QED) is 0.594. The first-order valence-corrected chi connectivity index (χ1v) is 6.38. The van der Waals surface area contributed by atoms with E-state index in [-0.39, 0.29) is 11.9 Å². The fourth-order valence-corrected chi connectivity index (χ4v) is 1.56. The molecule has 3 amide bonds. The molecule has 0 radical (unpaired) electrons. The highest BCUT2D eigenvalue weighted by molar-refractivity contribution is 6.09. The second-order valence-electron chi connectivity index (χ2n) is 4.99. The molecule has 2 N–H and O–H groups in total. The average molecular weight is 263 g/mol. The van der Waals surface area contributed by atoms with Gasteiger partial charge < -0.3 is 10.2 Å². The zero-order chi connectivity index (χ0) is 14.6. The molecule has 5 heteroatoms. The molecule has 1 rings (SSSR count). The number of imide groups is 1. The first-order valence-electron chi connectivity index (χ1n) is 6.38. The maximum atomic E-state index is 11.9. The van der Waals surface area contributed by atoms with Crippen molar-refractivity contribution in [3.63, 3.8) is 0 Å². The Bertz CT molecular complexity index is 471. The van der Waals surface area contributed by atoms with Crippen molar-refractivity contribution in [3.8, 4) is 11.8 Å². The second-order valence-corrected chi connectivity index (χ2v) is 4.99. The number of urea groups is 1. The molecule has 1 aliphatic heterocycles. The molecule has 1 atom stereocenters. The monoisotopic (exact) mass is 263 g/mol. The molecule has 0 saturated carbocycles. The van der Waals surface area contributed by atoms with Crippen LogP contribution in [0.25, 0.3) is 0 Å². The van der Waals surface area contributed by atoms with Gasteiger partial charge >= 0.3 is 6.03 Å². The number of nitrogens with zero attached hydrogens (tertiary/aromatic N) is 1. The molecule has 0 aliphatic carbocycles. The number of hydrogen-bond acceptors (Lipinski definition) is 3. The van der Waals surface area contributed by atoms with Gasteiger partial charge in [-0.3, -0.25) is 10.1 Å². The highest BCUT2D eigenvalue weighted by Gasteiger charge is 2.44. The summed E-state index contributed by atoms with van der Waals surface area (Å²) in [5.41, 5.74) is -0.503. The third-order valence-corrected chi connectivity index (χ3v) is 3.13. The summed E-state index contributed by atoms with van der Waals surface area (Å²) in [4.78, 5) is 25.2. The lowest BCUT2D eigenvalue weighted by Gasteiger charge is -2.25. The predicted octanol–water partition coefficient (Wildman–Crippen LogP) is 1.22. The van der Waals surface area contributed by atoms with Crippen LogP contribution in [-0.4, -0.2) is 35.5 Å². The summed E-state index contributed by atoms with van der Waals surface area (Å²) in [5.74, 6) is 5.57. The van der Waals surface area contributed by atoms with Gasteiger partial charge in [0.15, 0.2) is 5.54 Å². The average Bonchev–Trinajstić information content (AvgIpc) is 2.58. The molecule has 0 aromatic heterocycles. The van der Waals surface area contributed by atoms with Gasteiger partial charge in [-0.05, 0) is 20.8 Å². The van der Waals surface area contributed by atoms with Crippen LogP contribution in [0.2, 0.25) is 0 Å². The standard InChI is InChI=1S/C14H21N3O2/c1-6-7-8-11(9-17(5)10(2)3)14(4)12(18)15-13(19)16-14/h9-10H,6H2,1-5H3,(H2,15,16,18,19)/b11-9+/t14-/m0/s1. The van der Waals surface area contributed by atoms with Gasteiger partial charge in [-0.15, -0.1) is 0 Å². The Morgan fingerprint density at radius 3 is 2.53 bits per heavy atom. The number of rotatable bonds is 3. The zero-order valence-corrected chi connectivity index (χ0v) is 12.1. The van der Waals surface area contributed by atoms with Crippen LogP contribution in [0.5, 0.6) is 0 Å². The van der Waals surface area contributed by atoms with Gasteiger partial charge in [0.1, 0.15) is 0 Å². The van der Waals surface area contributed by atoms with E-state index in [2.05, 4.69) is 22.5 Å². The highest BCUT2D eigenvalue weighted by atomic mass is 16.2. The molecule has 0 spiro atoms. The maximum absolute atomic E-state index is 11.9. The second kappa shape index (κ2) is 5.79. The number of hydrogen-bond donors (Lipinski definition) is 2. The first kappa shape index (κ1) is 15.1. The Hall–Kier alpha value is -1.96. The van der Waals surface area contributed by atoms with E-state index in [0.29, 0.717) is 12.0 Å². The van der Waals surface area contributed by atoms with Crippen molar-refractivity contribution < 1.29 is 9.59 Å². The molecule has 0 aromatic carbocycles. The number of amides is 3. The van der Waals surface area contributed by atoms with Gasteiger partial charge in [0, 0.05) is 25.7 Å². The molecule has 0 bridgehead atoms. The molecule has 0 unspecified atom stereocenters. The van der Waals surface area contributed by atoms with Crippen LogP contribution in [-0.2, 0) is 4.79 Å². The van der Waals surface area contributed by atoms with Crippen LogP contribution in [0, 0.1) is 11.8 Å². The summed E-state index contributed by atoms with van der Waals surface area (Å²) in [6.45, 7) is 7.68. The van der Waals surface area contributed by atoms with E-state index < -0.39 is 11.6 Å². The number of nitrogens with one attached hydrogen (secondary N) is 2. The number of carbonyl (C=O) groups excluding carboxylic acids is 2. The Kier molecular flexibility index (Phi) is 4.60. The van der Waals surface area contributed by atoms with Crippen molar-refractivity contribution in [2.24, 2.45) is 0 Å². The van der Waals surface area contributed by atoms with Gasteiger partial charge in [-0.1, -0.05) is 18.8 Å². The summed E-state index contributed by atoms with van der Waals surface area (Å²) < 4.78 is 0. The molecular formula is C14H21N3O2. The molecule has 104 valence electrons. The molecule has 1 aliphatic rings. The van der Waals surface area contributed by atoms with Crippen molar-refractivity contribution >= 4 is 11.9 Å². The topological polar surface area (TPSA) is 61.4 Å². The summed E-state index contributed by atoms with van der Waals surface area (Å²) in [6.07, 6.45) is 2.51. The van der Waals surface area contributed by atoms with E-state index in [9.17, 15) is 9.59 Å². The van der Waals surface area contributed by atoms with Crippen LogP contribution in [0.15, 0.2) is 11.8 Å². The fraction of sp³-hybridized carbons (Fsp3) is 0.571. The third kappa shape index (κ3) is 3.28. The molecule has 1 fully saturated rings. The summed E-state index contributed by atoms with van der Waals surface area (Å²) >= 11 is 0. The molecule has 19 heavy (non-hydrogen) atoms. The third-order valence-electron chi connectivity index (χ3n) is 3.13. The van der Waals surface area contributed by atoms with E-state index >= 15 is 0 Å². The van der Waals surface area contributed by atoms with Gasteiger partial charge in [-0.2, -0.15) is 0 Å². The molecule has 5 nitrogen and oxygen atoms in total. The van der Waals surface area contributed by atoms with Crippen LogP contribution in [0.4, 0.5) is 4.79 Å². The Morgan fingerprint density at radius 1 is 1.47 bits per heavy atom. The Morgan fingerprint density at radius 2 is 2.11 bits per heavy atom. The van der Waals surface area contributed by atoms with Crippen molar-refractivity contribution in [1.29, 1.82) is 0 Å². The van der Waals surface area contributed by atoms with Crippen molar-refractivity contribution in [2.75, 3.05) is 7.05 Å². The lowest BCUT2D eigenvalue weighted by atomic mass is 9.92. The van der Waals surface area contributed by atoms with Gasteiger partial charge in [0.25, 0.3) is 5.91 Å². The van der Waals surface area contributed by atoms with Crippen molar-refractivity contribution in [2.45, 2.75) is 45.7 Å². The largest absolute Gasteiger partial charge is 0.377 e. The van der Waals surface area contributed by atoms with Gasteiger partial charge in [0.2, 0.25) is 0 Å². The van der Waals surface area contributed by atoms with Crippen LogP contribution in [0.1, 0.15) is 34.1 Å². The molecule has 0 aromatic rings. The van der Waals surface area contributed by atoms with E-state index in [0.717, 1.165) is 0 Å². The van der Waals surface area contributed by atoms with Crippen LogP contribution >= 0.6 is 0 Å². The predicted molar refractivity (Wildman–Crippen MR) is 74.1 cm³/mol. The van der Waals surface area contributed by atoms with E-state index in [1.807, 2.05) is 38.9 Å². The first-order chi connectivity index (χ1) is 8.81. The maximum Gasteiger partial charge on any atom is 0.322 e. The normalized spacial score (nSPS) is 22.7. The minimum absolute atomic E-state index is 0.280. The molecule has 1 heterocycles. The summed E-state index contributed by atoms with van der Waals surface area (Å²) in [5, 5.41) is 4.89. The van der Waals surface area contributed by atoms with E-state index in [1.165, 1.54) is 0 Å². The summed E-state index contributed by atoms with van der Waals surface area (Å²) in [6, 6.07) is -0.203. The van der Waals surface area contributed by atoms with Crippen molar-refractivity contribution in [3.05, 3.63) is 11.8 Å². The van der Waals surface area contributed by atoms with Crippen LogP contribution in [0.3, 0.4) is 0 Å².